The highest BCUT2D eigenvalue weighted by atomic mass is 19.1. The zero-order chi connectivity index (χ0) is 14.8. The number of nitrogens with zero attached hydrogens (tertiary/aromatic N) is 3. The van der Waals surface area contributed by atoms with E-state index in [4.69, 9.17) is 15.2 Å². The smallest absolute Gasteiger partial charge is 0.239 e. The Morgan fingerprint density at radius 2 is 2.10 bits per heavy atom. The molecule has 110 valence electrons. The van der Waals surface area contributed by atoms with Gasteiger partial charge in [0, 0.05) is 0 Å². The number of ether oxygens (including phenoxy) is 2. The van der Waals surface area contributed by atoms with Crippen LogP contribution in [-0.2, 0) is 9.47 Å². The summed E-state index contributed by atoms with van der Waals surface area (Å²) in [6.07, 6.45) is 6.37. The lowest BCUT2D eigenvalue weighted by atomic mass is 10.2. The normalized spacial score (nSPS) is 30.1. The topological polar surface area (TPSA) is 75.2 Å². The van der Waals surface area contributed by atoms with Crippen LogP contribution in [0.4, 0.5) is 10.1 Å². The largest absolute Gasteiger partial charge is 0.396 e. The van der Waals surface area contributed by atoms with Crippen molar-refractivity contribution in [3.8, 4) is 0 Å². The van der Waals surface area contributed by atoms with Crippen molar-refractivity contribution in [1.82, 2.24) is 14.5 Å². The Morgan fingerprint density at radius 1 is 1.29 bits per heavy atom. The van der Waals surface area contributed by atoms with Crippen molar-refractivity contribution in [2.75, 3.05) is 5.73 Å². The van der Waals surface area contributed by atoms with E-state index >= 15 is 0 Å². The molecule has 0 radical (unpaired) electrons. The Hall–Kier alpha value is -1.99. The molecular weight excluding hydrogens is 275 g/mol. The predicted molar refractivity (Wildman–Crippen MR) is 73.9 cm³/mol. The first-order valence-electron chi connectivity index (χ1n) is 6.77. The molecule has 6 nitrogen and oxygen atoms in total. The molecule has 2 N–H and O–H groups in total. The zero-order valence-electron chi connectivity index (χ0n) is 11.7. The fraction of sp³-hybridized carbons (Fsp3) is 0.429. The predicted octanol–water partition coefficient (Wildman–Crippen LogP) is 1.78. The van der Waals surface area contributed by atoms with Gasteiger partial charge in [0.25, 0.3) is 0 Å². The van der Waals surface area contributed by atoms with Gasteiger partial charge >= 0.3 is 0 Å². The summed E-state index contributed by atoms with van der Waals surface area (Å²) in [7, 11) is 0. The summed E-state index contributed by atoms with van der Waals surface area (Å²) >= 11 is 0. The Kier molecular flexibility index (Phi) is 2.44. The monoisotopic (exact) mass is 290 g/mol. The second-order valence-corrected chi connectivity index (χ2v) is 5.79. The van der Waals surface area contributed by atoms with Gasteiger partial charge in [0.1, 0.15) is 23.2 Å². The van der Waals surface area contributed by atoms with Crippen molar-refractivity contribution in [3.05, 3.63) is 30.6 Å². The summed E-state index contributed by atoms with van der Waals surface area (Å²) in [6.45, 7) is 3.73. The van der Waals surface area contributed by atoms with Crippen molar-refractivity contribution in [1.29, 1.82) is 0 Å². The molecule has 1 aliphatic carbocycles. The number of halogens is 1. The van der Waals surface area contributed by atoms with Crippen LogP contribution in [-0.4, -0.2) is 32.5 Å². The molecule has 0 amide bonds. The number of aromatic nitrogens is 3. The van der Waals surface area contributed by atoms with Crippen LogP contribution in [0.5, 0.6) is 0 Å². The molecule has 3 atom stereocenters. The van der Waals surface area contributed by atoms with E-state index in [0.717, 1.165) is 0 Å². The minimum absolute atomic E-state index is 0.139. The molecule has 0 unspecified atom stereocenters. The lowest BCUT2D eigenvalue weighted by Gasteiger charge is -2.22. The van der Waals surface area contributed by atoms with Gasteiger partial charge in [-0.3, -0.25) is 0 Å². The summed E-state index contributed by atoms with van der Waals surface area (Å²) in [5.41, 5.74) is 6.87. The molecule has 2 aromatic rings. The molecule has 1 saturated heterocycles. The third-order valence-corrected chi connectivity index (χ3v) is 3.90. The van der Waals surface area contributed by atoms with E-state index in [1.165, 1.54) is 6.20 Å². The molecule has 3 heterocycles. The molecule has 0 saturated carbocycles. The van der Waals surface area contributed by atoms with Crippen LogP contribution in [0, 0.1) is 5.95 Å². The Balaban J connectivity index is 1.82. The molecule has 7 heteroatoms. The van der Waals surface area contributed by atoms with E-state index in [-0.39, 0.29) is 18.2 Å². The van der Waals surface area contributed by atoms with Gasteiger partial charge in [-0.15, -0.1) is 0 Å². The molecule has 2 aliphatic rings. The van der Waals surface area contributed by atoms with Gasteiger partial charge in [0.05, 0.1) is 24.3 Å². The summed E-state index contributed by atoms with van der Waals surface area (Å²) in [5.74, 6) is -1.24. The van der Waals surface area contributed by atoms with E-state index in [0.29, 0.717) is 16.7 Å². The molecule has 1 aliphatic heterocycles. The first kappa shape index (κ1) is 12.7. The second-order valence-electron chi connectivity index (χ2n) is 5.79. The highest BCUT2D eigenvalue weighted by Gasteiger charge is 2.47. The van der Waals surface area contributed by atoms with E-state index in [1.54, 1.807) is 10.9 Å². The number of imidazole rings is 1. The number of hydrogen-bond acceptors (Lipinski definition) is 5. The van der Waals surface area contributed by atoms with Gasteiger partial charge in [-0.1, -0.05) is 12.2 Å². The molecular formula is C14H15FN4O2. The maximum atomic E-state index is 14.1. The van der Waals surface area contributed by atoms with Crippen LogP contribution < -0.4 is 5.73 Å². The van der Waals surface area contributed by atoms with Crippen molar-refractivity contribution in [2.45, 2.75) is 37.9 Å². The van der Waals surface area contributed by atoms with E-state index < -0.39 is 11.7 Å². The van der Waals surface area contributed by atoms with Gasteiger partial charge in [-0.25, -0.2) is 9.97 Å². The lowest BCUT2D eigenvalue weighted by Crippen LogP contribution is -2.27. The van der Waals surface area contributed by atoms with Crippen LogP contribution in [0.25, 0.3) is 11.0 Å². The molecule has 1 fully saturated rings. The molecule has 0 bridgehead atoms. The standard InChI is InChI=1S/C14H15FN4O2/c1-14(2)20-9-4-3-8(12(9)21-14)19-6-18-10-7(16)5-17-13(15)11(10)19/h3-6,8-9,12H,16H2,1-2H3/t8-,9-,12+/m1/s1. The van der Waals surface area contributed by atoms with Gasteiger partial charge in [-0.2, -0.15) is 4.39 Å². The SMILES string of the molecule is CC1(C)O[C@H]2[C@H](n3cnc4c(N)cnc(F)c43)C=C[C@H]2O1. The third kappa shape index (κ3) is 1.77. The maximum Gasteiger partial charge on any atom is 0.239 e. The number of nitrogen functional groups attached to an aromatic ring is 1. The Morgan fingerprint density at radius 3 is 2.90 bits per heavy atom. The highest BCUT2D eigenvalue weighted by molar-refractivity contribution is 5.86. The fourth-order valence-corrected chi connectivity index (χ4v) is 3.07. The number of anilines is 1. The van der Waals surface area contributed by atoms with Gasteiger partial charge in [-0.05, 0) is 13.8 Å². The first-order chi connectivity index (χ1) is 9.96. The van der Waals surface area contributed by atoms with Crippen molar-refractivity contribution in [2.24, 2.45) is 0 Å². The summed E-state index contributed by atoms with van der Waals surface area (Å²) in [6, 6.07) is -0.195. The molecule has 0 spiro atoms. The van der Waals surface area contributed by atoms with Gasteiger partial charge in [0.15, 0.2) is 5.79 Å². The first-order valence-corrected chi connectivity index (χ1v) is 6.77. The van der Waals surface area contributed by atoms with E-state index in [9.17, 15) is 4.39 Å². The van der Waals surface area contributed by atoms with Crippen LogP contribution in [0.3, 0.4) is 0 Å². The molecule has 4 rings (SSSR count). The van der Waals surface area contributed by atoms with Crippen LogP contribution in [0.1, 0.15) is 19.9 Å². The molecule has 2 aromatic heterocycles. The van der Waals surface area contributed by atoms with Crippen LogP contribution >= 0.6 is 0 Å². The number of fused-ring (bicyclic) bond motifs is 2. The number of hydrogen-bond donors (Lipinski definition) is 1. The zero-order valence-corrected chi connectivity index (χ0v) is 11.7. The lowest BCUT2D eigenvalue weighted by molar-refractivity contribution is -0.146. The van der Waals surface area contributed by atoms with Crippen molar-refractivity contribution in [3.63, 3.8) is 0 Å². The number of pyridine rings is 1. The average Bonchev–Trinajstić information content (AvgIpc) is 3.05. The average molecular weight is 290 g/mol. The third-order valence-electron chi connectivity index (χ3n) is 3.90. The van der Waals surface area contributed by atoms with E-state index in [2.05, 4.69) is 9.97 Å². The quantitative estimate of drug-likeness (QED) is 0.640. The van der Waals surface area contributed by atoms with Crippen LogP contribution in [0.2, 0.25) is 0 Å². The number of nitrogens with two attached hydrogens (primary N) is 1. The number of rotatable bonds is 1. The Labute approximate surface area is 120 Å². The highest BCUT2D eigenvalue weighted by Crippen LogP contribution is 2.40. The van der Waals surface area contributed by atoms with Crippen LogP contribution in [0.15, 0.2) is 24.7 Å². The van der Waals surface area contributed by atoms with Gasteiger partial charge < -0.3 is 19.8 Å². The minimum Gasteiger partial charge on any atom is -0.396 e. The van der Waals surface area contributed by atoms with Gasteiger partial charge in [0.2, 0.25) is 5.95 Å². The van der Waals surface area contributed by atoms with Crippen molar-refractivity contribution < 1.29 is 13.9 Å². The maximum absolute atomic E-state index is 14.1. The summed E-state index contributed by atoms with van der Waals surface area (Å²) in [4.78, 5) is 7.88. The molecule has 21 heavy (non-hydrogen) atoms. The minimum atomic E-state index is -0.648. The fourth-order valence-electron chi connectivity index (χ4n) is 3.07. The second kappa shape index (κ2) is 4.02. The molecule has 0 aromatic carbocycles. The Bertz CT molecular complexity index is 755. The van der Waals surface area contributed by atoms with E-state index in [1.807, 2.05) is 26.0 Å². The van der Waals surface area contributed by atoms with Crippen molar-refractivity contribution >= 4 is 16.7 Å². The summed E-state index contributed by atoms with van der Waals surface area (Å²) in [5, 5.41) is 0. The summed E-state index contributed by atoms with van der Waals surface area (Å²) < 4.78 is 27.5.